The summed E-state index contributed by atoms with van der Waals surface area (Å²) < 4.78 is 5.40. The van der Waals surface area contributed by atoms with Gasteiger partial charge in [-0.1, -0.05) is 36.1 Å². The largest absolute Gasteiger partial charge is 0.379 e. The van der Waals surface area contributed by atoms with Gasteiger partial charge in [0.2, 0.25) is 11.9 Å². The highest BCUT2D eigenvalue weighted by molar-refractivity contribution is 5.95. The fourth-order valence-corrected chi connectivity index (χ4v) is 3.96. The first-order valence-electron chi connectivity index (χ1n) is 12.2. The average molecular weight is 498 g/mol. The molecule has 3 aromatic rings. The summed E-state index contributed by atoms with van der Waals surface area (Å²) in [4.78, 5) is 35.0. The van der Waals surface area contributed by atoms with Crippen molar-refractivity contribution in [3.05, 3.63) is 77.0 Å². The number of rotatable bonds is 6. The number of carbonyl (C=O) groups excluding carboxylic acids is 2. The summed E-state index contributed by atoms with van der Waals surface area (Å²) in [7, 11) is 0. The minimum absolute atomic E-state index is 0.0222. The van der Waals surface area contributed by atoms with E-state index in [0.29, 0.717) is 11.3 Å². The van der Waals surface area contributed by atoms with Crippen LogP contribution in [0, 0.1) is 17.8 Å². The van der Waals surface area contributed by atoms with Gasteiger partial charge in [-0.15, -0.1) is 0 Å². The molecule has 0 atom stereocenters. The van der Waals surface area contributed by atoms with Gasteiger partial charge in [0.05, 0.1) is 18.9 Å². The first-order chi connectivity index (χ1) is 18.1. The summed E-state index contributed by atoms with van der Waals surface area (Å²) >= 11 is 0. The predicted molar refractivity (Wildman–Crippen MR) is 137 cm³/mol. The fourth-order valence-electron chi connectivity index (χ4n) is 3.96. The number of anilines is 1. The molecule has 2 aliphatic rings. The first-order valence-corrected chi connectivity index (χ1v) is 12.2. The Balaban J connectivity index is 1.28. The highest BCUT2D eigenvalue weighted by atomic mass is 16.5. The summed E-state index contributed by atoms with van der Waals surface area (Å²) in [6, 6.07) is 17.1. The predicted octanol–water partition coefficient (Wildman–Crippen LogP) is 2.84. The second-order valence-electron chi connectivity index (χ2n) is 9.08. The molecule has 2 heterocycles. The molecule has 1 saturated carbocycles. The topological polar surface area (TPSA) is 117 Å². The Morgan fingerprint density at radius 2 is 1.62 bits per heavy atom. The number of carbonyl (C=O) groups is 2. The number of ether oxygens (including phenoxy) is 1. The summed E-state index contributed by atoms with van der Waals surface area (Å²) in [5.41, 5.74) is 5.68. The molecule has 1 saturated heterocycles. The summed E-state index contributed by atoms with van der Waals surface area (Å²) in [6.07, 6.45) is 1.66. The molecular weight excluding hydrogens is 470 g/mol. The van der Waals surface area contributed by atoms with Gasteiger partial charge in [0.25, 0.3) is 5.91 Å². The average Bonchev–Trinajstić information content (AvgIpc) is 3.79. The van der Waals surface area contributed by atoms with Crippen LogP contribution < -0.4 is 10.8 Å². The van der Waals surface area contributed by atoms with Crippen LogP contribution in [0.4, 0.5) is 5.95 Å². The molecule has 0 radical (unpaired) electrons. The van der Waals surface area contributed by atoms with Crippen molar-refractivity contribution < 1.29 is 19.5 Å². The van der Waals surface area contributed by atoms with Crippen molar-refractivity contribution in [1.29, 1.82) is 0 Å². The normalized spacial score (nSPS) is 15.4. The van der Waals surface area contributed by atoms with Gasteiger partial charge < -0.3 is 4.74 Å². The maximum atomic E-state index is 12.2. The monoisotopic (exact) mass is 497 g/mol. The van der Waals surface area contributed by atoms with Crippen molar-refractivity contribution >= 4 is 17.8 Å². The minimum Gasteiger partial charge on any atom is -0.379 e. The van der Waals surface area contributed by atoms with Crippen LogP contribution >= 0.6 is 0 Å². The van der Waals surface area contributed by atoms with Gasteiger partial charge in [-0.25, -0.2) is 15.4 Å². The van der Waals surface area contributed by atoms with Gasteiger partial charge in [-0.3, -0.25) is 25.0 Å². The van der Waals surface area contributed by atoms with Crippen LogP contribution in [0.15, 0.2) is 54.6 Å². The van der Waals surface area contributed by atoms with E-state index in [1.165, 1.54) is 11.6 Å². The van der Waals surface area contributed by atoms with Gasteiger partial charge in [-0.05, 0) is 48.7 Å². The lowest BCUT2D eigenvalue weighted by Crippen LogP contribution is -2.35. The zero-order chi connectivity index (χ0) is 25.6. The van der Waals surface area contributed by atoms with Crippen molar-refractivity contribution in [2.75, 3.05) is 31.6 Å². The van der Waals surface area contributed by atoms with Crippen LogP contribution in [-0.4, -0.2) is 58.2 Å². The third-order valence-corrected chi connectivity index (χ3v) is 6.24. The number of hydroxylamine groups is 1. The molecule has 3 N–H and O–H groups in total. The van der Waals surface area contributed by atoms with Crippen molar-refractivity contribution in [1.82, 2.24) is 20.3 Å². The SMILES string of the molecule is O=C(NO)c1cc(-c2ccc(C#Cc3ccc(CN4CCOCC4)cc3)cc2)nc(NC(=O)C2CC2)n1. The molecule has 9 heteroatoms. The van der Waals surface area contributed by atoms with Crippen molar-refractivity contribution in [2.24, 2.45) is 5.92 Å². The maximum Gasteiger partial charge on any atom is 0.293 e. The van der Waals surface area contributed by atoms with Crippen molar-refractivity contribution in [3.8, 4) is 23.1 Å². The Hall–Kier alpha value is -4.10. The Morgan fingerprint density at radius 3 is 2.24 bits per heavy atom. The Bertz CT molecular complexity index is 1340. The Labute approximate surface area is 214 Å². The number of morpholine rings is 1. The van der Waals surface area contributed by atoms with Crippen molar-refractivity contribution in [3.63, 3.8) is 0 Å². The van der Waals surface area contributed by atoms with Gasteiger partial charge in [0.1, 0.15) is 5.69 Å². The third-order valence-electron chi connectivity index (χ3n) is 6.24. The standard InChI is InChI=1S/C28H27N5O4/c34-26(23-11-12-23)31-28-29-24(17-25(30-28)27(35)32-36)22-9-7-20(8-10-22)2-1-19-3-5-21(6-4-19)18-33-13-15-37-16-14-33/h3-10,17,23,36H,11-16,18H2,(H,32,35)(H,29,30,31,34). The number of nitrogens with one attached hydrogen (secondary N) is 2. The second-order valence-corrected chi connectivity index (χ2v) is 9.08. The molecule has 9 nitrogen and oxygen atoms in total. The van der Waals surface area contributed by atoms with Crippen LogP contribution in [0.3, 0.4) is 0 Å². The van der Waals surface area contributed by atoms with Crippen LogP contribution in [0.2, 0.25) is 0 Å². The van der Waals surface area contributed by atoms with E-state index in [1.54, 1.807) is 5.48 Å². The lowest BCUT2D eigenvalue weighted by atomic mass is 10.1. The quantitative estimate of drug-likeness (QED) is 0.272. The summed E-state index contributed by atoms with van der Waals surface area (Å²) in [6.45, 7) is 4.40. The number of benzene rings is 2. The molecule has 5 rings (SSSR count). The fraction of sp³-hybridized carbons (Fsp3) is 0.286. The smallest absolute Gasteiger partial charge is 0.293 e. The van der Waals surface area contributed by atoms with Crippen LogP contribution in [-0.2, 0) is 16.1 Å². The molecule has 2 amide bonds. The van der Waals surface area contributed by atoms with Gasteiger partial charge >= 0.3 is 0 Å². The lowest BCUT2D eigenvalue weighted by Gasteiger charge is -2.26. The molecule has 37 heavy (non-hydrogen) atoms. The number of nitrogens with zero attached hydrogens (tertiary/aromatic N) is 3. The number of hydrogen-bond acceptors (Lipinski definition) is 7. The van der Waals surface area contributed by atoms with Crippen LogP contribution in [0.25, 0.3) is 11.3 Å². The maximum absolute atomic E-state index is 12.2. The number of hydrogen-bond donors (Lipinski definition) is 3. The molecule has 0 spiro atoms. The molecule has 0 bridgehead atoms. The molecule has 1 aliphatic heterocycles. The van der Waals surface area contributed by atoms with E-state index in [9.17, 15) is 9.59 Å². The van der Waals surface area contributed by atoms with E-state index < -0.39 is 5.91 Å². The molecule has 2 fully saturated rings. The van der Waals surface area contributed by atoms with E-state index in [2.05, 4.69) is 44.2 Å². The zero-order valence-corrected chi connectivity index (χ0v) is 20.2. The van der Waals surface area contributed by atoms with E-state index in [-0.39, 0.29) is 23.5 Å². The van der Waals surface area contributed by atoms with E-state index in [4.69, 9.17) is 9.94 Å². The van der Waals surface area contributed by atoms with Crippen molar-refractivity contribution in [2.45, 2.75) is 19.4 Å². The molecule has 1 aromatic heterocycles. The first kappa shape index (κ1) is 24.6. The summed E-state index contributed by atoms with van der Waals surface area (Å²) in [5, 5.41) is 11.7. The molecule has 2 aromatic carbocycles. The minimum atomic E-state index is -0.788. The van der Waals surface area contributed by atoms with E-state index in [1.807, 2.05) is 36.4 Å². The van der Waals surface area contributed by atoms with E-state index in [0.717, 1.165) is 56.8 Å². The molecule has 1 aliphatic carbocycles. The summed E-state index contributed by atoms with van der Waals surface area (Å²) in [5.74, 6) is 5.38. The van der Waals surface area contributed by atoms with Gasteiger partial charge in [-0.2, -0.15) is 0 Å². The van der Waals surface area contributed by atoms with Gasteiger partial charge in [0.15, 0.2) is 0 Å². The number of amides is 2. The number of aromatic nitrogens is 2. The van der Waals surface area contributed by atoms with Crippen LogP contribution in [0.5, 0.6) is 0 Å². The van der Waals surface area contributed by atoms with Gasteiger partial charge in [0, 0.05) is 42.2 Å². The van der Waals surface area contributed by atoms with Crippen LogP contribution in [0.1, 0.15) is 40.0 Å². The zero-order valence-electron chi connectivity index (χ0n) is 20.2. The highest BCUT2D eigenvalue weighted by Crippen LogP contribution is 2.30. The molecule has 188 valence electrons. The second kappa shape index (κ2) is 11.3. The Morgan fingerprint density at radius 1 is 0.973 bits per heavy atom. The lowest BCUT2D eigenvalue weighted by molar-refractivity contribution is -0.117. The highest BCUT2D eigenvalue weighted by Gasteiger charge is 2.30. The molecular formula is C28H27N5O4. The Kier molecular flexibility index (Phi) is 7.51. The van der Waals surface area contributed by atoms with E-state index >= 15 is 0 Å². The third kappa shape index (κ3) is 6.57. The molecule has 0 unspecified atom stereocenters.